The van der Waals surface area contributed by atoms with Crippen LogP contribution in [-0.2, 0) is 0 Å². The van der Waals surface area contributed by atoms with E-state index in [9.17, 15) is 0 Å². The molecule has 1 unspecified atom stereocenters. The van der Waals surface area contributed by atoms with Crippen LogP contribution in [0.1, 0.15) is 13.3 Å². The first-order chi connectivity index (χ1) is 4.88. The Labute approximate surface area is 58.8 Å². The third kappa shape index (κ3) is 0.683. The van der Waals surface area contributed by atoms with E-state index in [1.807, 2.05) is 0 Å². The molecule has 0 spiro atoms. The lowest BCUT2D eigenvalue weighted by Gasteiger charge is -2.36. The summed E-state index contributed by atoms with van der Waals surface area (Å²) in [4.78, 5) is 6.03. The van der Waals surface area contributed by atoms with Gasteiger partial charge in [-0.2, -0.15) is 4.98 Å². The smallest absolute Gasteiger partial charge is 0.322 e. The number of hydrogen-bond donors (Lipinski definition) is 0. The van der Waals surface area contributed by atoms with Crippen molar-refractivity contribution in [2.24, 2.45) is 0 Å². The summed E-state index contributed by atoms with van der Waals surface area (Å²) in [5.74, 6) is 0. The van der Waals surface area contributed by atoms with Gasteiger partial charge in [0, 0.05) is 12.6 Å². The molecule has 1 aromatic heterocycles. The van der Waals surface area contributed by atoms with E-state index < -0.39 is 0 Å². The SMILES string of the molecule is CC1CCN1c1ncno1. The van der Waals surface area contributed by atoms with Crippen LogP contribution in [0, 0.1) is 0 Å². The Bertz CT molecular complexity index is 209. The molecule has 1 aliphatic rings. The fourth-order valence-electron chi connectivity index (χ4n) is 1.09. The van der Waals surface area contributed by atoms with Crippen molar-refractivity contribution in [2.75, 3.05) is 11.4 Å². The van der Waals surface area contributed by atoms with E-state index >= 15 is 0 Å². The van der Waals surface area contributed by atoms with Gasteiger partial charge >= 0.3 is 6.01 Å². The van der Waals surface area contributed by atoms with Gasteiger partial charge in [-0.25, -0.2) is 0 Å². The molecule has 4 heteroatoms. The molecular formula is C6H9N3O. The molecule has 1 atom stereocenters. The van der Waals surface area contributed by atoms with E-state index in [0.29, 0.717) is 12.1 Å². The molecular weight excluding hydrogens is 130 g/mol. The summed E-state index contributed by atoms with van der Waals surface area (Å²) in [6.45, 7) is 3.19. The van der Waals surface area contributed by atoms with Gasteiger partial charge in [0.05, 0.1) is 0 Å². The number of anilines is 1. The zero-order valence-electron chi connectivity index (χ0n) is 5.82. The summed E-state index contributed by atoms with van der Waals surface area (Å²) in [6.07, 6.45) is 2.66. The van der Waals surface area contributed by atoms with Gasteiger partial charge in [-0.3, -0.25) is 0 Å². The molecule has 0 N–H and O–H groups in total. The Morgan fingerprint density at radius 3 is 3.10 bits per heavy atom. The van der Waals surface area contributed by atoms with Crippen LogP contribution in [-0.4, -0.2) is 22.7 Å². The predicted molar refractivity (Wildman–Crippen MR) is 35.7 cm³/mol. The van der Waals surface area contributed by atoms with Crippen molar-refractivity contribution in [1.29, 1.82) is 0 Å². The first kappa shape index (κ1) is 5.70. The predicted octanol–water partition coefficient (Wildman–Crippen LogP) is 0.668. The van der Waals surface area contributed by atoms with Crippen LogP contribution in [0.3, 0.4) is 0 Å². The highest BCUT2D eigenvalue weighted by atomic mass is 16.5. The fourth-order valence-corrected chi connectivity index (χ4v) is 1.09. The first-order valence-electron chi connectivity index (χ1n) is 3.41. The van der Waals surface area contributed by atoms with Gasteiger partial charge < -0.3 is 9.42 Å². The van der Waals surface area contributed by atoms with Crippen LogP contribution in [0.25, 0.3) is 0 Å². The van der Waals surface area contributed by atoms with E-state index in [2.05, 4.69) is 22.0 Å². The lowest BCUT2D eigenvalue weighted by molar-refractivity contribution is 0.366. The minimum atomic E-state index is 0.570. The average Bonchev–Trinajstić information content (AvgIpc) is 2.37. The topological polar surface area (TPSA) is 42.2 Å². The quantitative estimate of drug-likeness (QED) is 0.573. The summed E-state index contributed by atoms with van der Waals surface area (Å²) in [6, 6.07) is 1.22. The van der Waals surface area contributed by atoms with Gasteiger partial charge in [0.1, 0.15) is 0 Å². The van der Waals surface area contributed by atoms with E-state index in [-0.39, 0.29) is 0 Å². The van der Waals surface area contributed by atoms with Gasteiger partial charge in [0.15, 0.2) is 6.33 Å². The molecule has 1 fully saturated rings. The lowest BCUT2D eigenvalue weighted by Crippen LogP contribution is -2.45. The molecule has 2 rings (SSSR count). The van der Waals surface area contributed by atoms with Gasteiger partial charge in [-0.05, 0) is 13.3 Å². The minimum absolute atomic E-state index is 0.570. The second-order valence-electron chi connectivity index (χ2n) is 2.55. The van der Waals surface area contributed by atoms with Gasteiger partial charge in [-0.1, -0.05) is 5.16 Å². The molecule has 54 valence electrons. The van der Waals surface area contributed by atoms with Crippen molar-refractivity contribution in [1.82, 2.24) is 10.1 Å². The Morgan fingerprint density at radius 1 is 1.80 bits per heavy atom. The van der Waals surface area contributed by atoms with Crippen LogP contribution >= 0.6 is 0 Å². The molecule has 0 radical (unpaired) electrons. The maximum absolute atomic E-state index is 4.87. The molecule has 0 saturated carbocycles. The van der Waals surface area contributed by atoms with Crippen LogP contribution in [0.15, 0.2) is 10.9 Å². The van der Waals surface area contributed by atoms with E-state index in [4.69, 9.17) is 4.52 Å². The molecule has 1 aromatic rings. The standard InChI is InChI=1S/C6H9N3O/c1-5-2-3-9(5)6-7-4-8-10-6/h4-5H,2-3H2,1H3. The molecule has 4 nitrogen and oxygen atoms in total. The van der Waals surface area contributed by atoms with Crippen molar-refractivity contribution >= 4 is 6.01 Å². The Kier molecular flexibility index (Phi) is 1.12. The van der Waals surface area contributed by atoms with Crippen LogP contribution in [0.4, 0.5) is 6.01 Å². The zero-order chi connectivity index (χ0) is 6.97. The van der Waals surface area contributed by atoms with Gasteiger partial charge in [0.25, 0.3) is 0 Å². The van der Waals surface area contributed by atoms with Crippen molar-refractivity contribution in [3.8, 4) is 0 Å². The highest BCUT2D eigenvalue weighted by Crippen LogP contribution is 2.22. The van der Waals surface area contributed by atoms with Crippen LogP contribution in [0.5, 0.6) is 0 Å². The molecule has 10 heavy (non-hydrogen) atoms. The molecule has 1 saturated heterocycles. The second kappa shape index (κ2) is 1.97. The minimum Gasteiger partial charge on any atom is -0.322 e. The molecule has 0 bridgehead atoms. The number of hydrogen-bond acceptors (Lipinski definition) is 4. The summed E-state index contributed by atoms with van der Waals surface area (Å²) in [5, 5.41) is 3.53. The van der Waals surface area contributed by atoms with E-state index in [1.165, 1.54) is 12.7 Å². The lowest BCUT2D eigenvalue weighted by atomic mass is 10.1. The number of nitrogens with zero attached hydrogens (tertiary/aromatic N) is 3. The number of aromatic nitrogens is 2. The fraction of sp³-hybridized carbons (Fsp3) is 0.667. The zero-order valence-corrected chi connectivity index (χ0v) is 5.82. The molecule has 0 aliphatic carbocycles. The molecule has 2 heterocycles. The first-order valence-corrected chi connectivity index (χ1v) is 3.41. The van der Waals surface area contributed by atoms with Crippen molar-refractivity contribution < 1.29 is 4.52 Å². The van der Waals surface area contributed by atoms with Crippen LogP contribution in [0.2, 0.25) is 0 Å². The van der Waals surface area contributed by atoms with Gasteiger partial charge in [0.2, 0.25) is 0 Å². The molecule has 0 aromatic carbocycles. The summed E-state index contributed by atoms with van der Waals surface area (Å²) >= 11 is 0. The maximum Gasteiger partial charge on any atom is 0.324 e. The monoisotopic (exact) mass is 139 g/mol. The summed E-state index contributed by atoms with van der Waals surface area (Å²) in [7, 11) is 0. The average molecular weight is 139 g/mol. The number of rotatable bonds is 1. The van der Waals surface area contributed by atoms with Crippen molar-refractivity contribution in [3.63, 3.8) is 0 Å². The Balaban J connectivity index is 2.14. The van der Waals surface area contributed by atoms with E-state index in [0.717, 1.165) is 6.54 Å². The normalized spacial score (nSPS) is 24.5. The second-order valence-corrected chi connectivity index (χ2v) is 2.55. The third-order valence-electron chi connectivity index (χ3n) is 1.92. The van der Waals surface area contributed by atoms with Crippen LogP contribution < -0.4 is 4.90 Å². The highest BCUT2D eigenvalue weighted by molar-refractivity contribution is 5.30. The van der Waals surface area contributed by atoms with E-state index in [1.54, 1.807) is 0 Å². The Morgan fingerprint density at radius 2 is 2.70 bits per heavy atom. The highest BCUT2D eigenvalue weighted by Gasteiger charge is 2.26. The summed E-state index contributed by atoms with van der Waals surface area (Å²) in [5.41, 5.74) is 0. The molecule has 0 amide bonds. The largest absolute Gasteiger partial charge is 0.324 e. The van der Waals surface area contributed by atoms with Crippen molar-refractivity contribution in [2.45, 2.75) is 19.4 Å². The Hall–Kier alpha value is -1.06. The summed E-state index contributed by atoms with van der Waals surface area (Å²) < 4.78 is 4.87. The maximum atomic E-state index is 4.87. The van der Waals surface area contributed by atoms with Crippen molar-refractivity contribution in [3.05, 3.63) is 6.33 Å². The third-order valence-corrected chi connectivity index (χ3v) is 1.92. The molecule has 1 aliphatic heterocycles. The van der Waals surface area contributed by atoms with Gasteiger partial charge in [-0.15, -0.1) is 0 Å².